The molecule has 1 aliphatic rings. The molecule has 148 valence electrons. The summed E-state index contributed by atoms with van der Waals surface area (Å²) in [5, 5.41) is 14.3. The number of ether oxygens (including phenoxy) is 2. The zero-order valence-corrected chi connectivity index (χ0v) is 16.6. The molecule has 29 heavy (non-hydrogen) atoms. The van der Waals surface area contributed by atoms with Crippen molar-refractivity contribution >= 4 is 28.9 Å². The van der Waals surface area contributed by atoms with Gasteiger partial charge in [0.1, 0.15) is 6.17 Å². The molecule has 1 aliphatic heterocycles. The monoisotopic (exact) mass is 410 g/mol. The van der Waals surface area contributed by atoms with Crippen LogP contribution >= 0.6 is 11.6 Å². The number of phenolic OH excluding ortho intramolecular Hbond substituents is 1. The maximum absolute atomic E-state index is 13.4. The number of carbonyl (C=O) groups excluding carboxylic acids is 1. The summed E-state index contributed by atoms with van der Waals surface area (Å²) in [5.41, 5.74) is 2.65. The second-order valence-electron chi connectivity index (χ2n) is 6.52. The van der Waals surface area contributed by atoms with Crippen molar-refractivity contribution in [3.63, 3.8) is 0 Å². The number of phenols is 1. The van der Waals surface area contributed by atoms with Gasteiger partial charge in [-0.05, 0) is 48.5 Å². The van der Waals surface area contributed by atoms with Crippen molar-refractivity contribution in [1.29, 1.82) is 0 Å². The first-order valence-electron chi connectivity index (χ1n) is 8.93. The van der Waals surface area contributed by atoms with Gasteiger partial charge in [-0.2, -0.15) is 0 Å². The lowest BCUT2D eigenvalue weighted by molar-refractivity contribution is 0.0975. The Morgan fingerprint density at radius 3 is 2.24 bits per heavy atom. The molecule has 0 spiro atoms. The topological polar surface area (TPSA) is 71.0 Å². The normalized spacial score (nSPS) is 15.5. The van der Waals surface area contributed by atoms with E-state index in [1.54, 1.807) is 47.4 Å². The highest BCUT2D eigenvalue weighted by molar-refractivity contribution is 6.30. The molecular weight excluding hydrogens is 392 g/mol. The van der Waals surface area contributed by atoms with Crippen molar-refractivity contribution in [3.8, 4) is 17.2 Å². The fourth-order valence-electron chi connectivity index (χ4n) is 3.43. The molecule has 1 heterocycles. The van der Waals surface area contributed by atoms with Crippen molar-refractivity contribution in [1.82, 2.24) is 0 Å². The van der Waals surface area contributed by atoms with E-state index in [1.807, 2.05) is 18.2 Å². The Bertz CT molecular complexity index is 1040. The second kappa shape index (κ2) is 7.56. The maximum atomic E-state index is 13.4. The average Bonchev–Trinajstić information content (AvgIpc) is 2.75. The zero-order valence-electron chi connectivity index (χ0n) is 15.8. The first kappa shape index (κ1) is 19.0. The number of anilines is 2. The smallest absolute Gasteiger partial charge is 0.262 e. The van der Waals surface area contributed by atoms with E-state index in [9.17, 15) is 9.90 Å². The Hall–Kier alpha value is -3.38. The van der Waals surface area contributed by atoms with Crippen LogP contribution in [-0.4, -0.2) is 25.2 Å². The molecule has 0 saturated heterocycles. The van der Waals surface area contributed by atoms with Gasteiger partial charge < -0.3 is 19.9 Å². The molecule has 3 aromatic rings. The number of para-hydroxylation sites is 1. The van der Waals surface area contributed by atoms with Crippen molar-refractivity contribution in [3.05, 3.63) is 76.8 Å². The van der Waals surface area contributed by atoms with E-state index >= 15 is 0 Å². The SMILES string of the molecule is COc1cc(C2Nc3ccccc3C(=O)N2c2ccc(Cl)cc2)cc(OC)c1O. The lowest BCUT2D eigenvalue weighted by atomic mass is 10.0. The standard InChI is InChI=1S/C22H19ClN2O4/c1-28-18-11-13(12-19(29-2)20(18)26)21-24-17-6-4-3-5-16(17)22(27)25(21)15-9-7-14(23)8-10-15/h3-12,21,24,26H,1-2H3. The number of hydrogen-bond donors (Lipinski definition) is 2. The van der Waals surface area contributed by atoms with Gasteiger partial charge in [0, 0.05) is 22.0 Å². The van der Waals surface area contributed by atoms with Crippen LogP contribution in [0.25, 0.3) is 0 Å². The summed E-state index contributed by atoms with van der Waals surface area (Å²) in [6.07, 6.45) is -0.554. The summed E-state index contributed by atoms with van der Waals surface area (Å²) >= 11 is 6.04. The van der Waals surface area contributed by atoms with E-state index in [1.165, 1.54) is 14.2 Å². The molecule has 0 aromatic heterocycles. The summed E-state index contributed by atoms with van der Waals surface area (Å²) in [6, 6.07) is 17.7. The van der Waals surface area contributed by atoms with E-state index in [-0.39, 0.29) is 23.2 Å². The highest BCUT2D eigenvalue weighted by atomic mass is 35.5. The average molecular weight is 411 g/mol. The Kier molecular flexibility index (Phi) is 4.94. The molecule has 1 unspecified atom stereocenters. The van der Waals surface area contributed by atoms with Gasteiger partial charge in [-0.3, -0.25) is 9.69 Å². The quantitative estimate of drug-likeness (QED) is 0.644. The summed E-state index contributed by atoms with van der Waals surface area (Å²) in [7, 11) is 2.92. The molecule has 6 nitrogen and oxygen atoms in total. The van der Waals surface area contributed by atoms with Crippen LogP contribution in [0.2, 0.25) is 5.02 Å². The third-order valence-electron chi connectivity index (χ3n) is 4.85. The lowest BCUT2D eigenvalue weighted by Gasteiger charge is -2.38. The van der Waals surface area contributed by atoms with Gasteiger partial charge in [0.05, 0.1) is 19.8 Å². The van der Waals surface area contributed by atoms with Gasteiger partial charge in [0.15, 0.2) is 11.5 Å². The summed E-state index contributed by atoms with van der Waals surface area (Å²) in [5.74, 6) is 0.254. The van der Waals surface area contributed by atoms with E-state index in [0.717, 1.165) is 5.69 Å². The van der Waals surface area contributed by atoms with E-state index in [2.05, 4.69) is 5.32 Å². The number of nitrogens with one attached hydrogen (secondary N) is 1. The van der Waals surface area contributed by atoms with Crippen LogP contribution in [0.4, 0.5) is 11.4 Å². The minimum absolute atomic E-state index is 0.0978. The predicted molar refractivity (Wildman–Crippen MR) is 112 cm³/mol. The fraction of sp³-hybridized carbons (Fsp3) is 0.136. The highest BCUT2D eigenvalue weighted by Gasteiger charge is 2.35. The minimum Gasteiger partial charge on any atom is -0.502 e. The molecule has 1 atom stereocenters. The number of methoxy groups -OCH3 is 2. The van der Waals surface area contributed by atoms with Gasteiger partial charge in [0.25, 0.3) is 5.91 Å². The van der Waals surface area contributed by atoms with E-state index in [4.69, 9.17) is 21.1 Å². The molecule has 7 heteroatoms. The van der Waals surface area contributed by atoms with E-state index < -0.39 is 6.17 Å². The highest BCUT2D eigenvalue weighted by Crippen LogP contribution is 2.43. The lowest BCUT2D eigenvalue weighted by Crippen LogP contribution is -2.43. The van der Waals surface area contributed by atoms with Crippen LogP contribution in [0, 0.1) is 0 Å². The van der Waals surface area contributed by atoms with Crippen molar-refractivity contribution in [2.24, 2.45) is 0 Å². The number of nitrogens with zero attached hydrogens (tertiary/aromatic N) is 1. The number of hydrogen-bond acceptors (Lipinski definition) is 5. The van der Waals surface area contributed by atoms with Crippen LogP contribution in [-0.2, 0) is 0 Å². The van der Waals surface area contributed by atoms with Crippen LogP contribution in [0.5, 0.6) is 17.2 Å². The summed E-state index contributed by atoms with van der Waals surface area (Å²) < 4.78 is 10.6. The van der Waals surface area contributed by atoms with Gasteiger partial charge in [-0.1, -0.05) is 23.7 Å². The van der Waals surface area contributed by atoms with E-state index in [0.29, 0.717) is 21.8 Å². The fourth-order valence-corrected chi connectivity index (χ4v) is 3.55. The summed E-state index contributed by atoms with van der Waals surface area (Å²) in [4.78, 5) is 15.0. The van der Waals surface area contributed by atoms with Gasteiger partial charge in [0.2, 0.25) is 5.75 Å². The molecule has 2 N–H and O–H groups in total. The molecule has 0 aliphatic carbocycles. The molecule has 0 bridgehead atoms. The second-order valence-corrected chi connectivity index (χ2v) is 6.95. The Morgan fingerprint density at radius 2 is 1.62 bits per heavy atom. The molecule has 3 aromatic carbocycles. The number of amides is 1. The Morgan fingerprint density at radius 1 is 1.00 bits per heavy atom. The van der Waals surface area contributed by atoms with Crippen LogP contribution in [0.15, 0.2) is 60.7 Å². The number of carbonyl (C=O) groups is 1. The first-order chi connectivity index (χ1) is 14.0. The number of fused-ring (bicyclic) bond motifs is 1. The number of rotatable bonds is 4. The molecule has 0 fully saturated rings. The van der Waals surface area contributed by atoms with Crippen molar-refractivity contribution in [2.45, 2.75) is 6.17 Å². The third kappa shape index (κ3) is 3.32. The van der Waals surface area contributed by atoms with Gasteiger partial charge in [-0.15, -0.1) is 0 Å². The number of benzene rings is 3. The number of aromatic hydroxyl groups is 1. The first-order valence-corrected chi connectivity index (χ1v) is 9.31. The molecule has 1 amide bonds. The molecule has 0 radical (unpaired) electrons. The molecule has 4 rings (SSSR count). The Balaban J connectivity index is 1.89. The molecular formula is C22H19ClN2O4. The Labute approximate surface area is 173 Å². The van der Waals surface area contributed by atoms with Crippen LogP contribution in [0.1, 0.15) is 22.1 Å². The van der Waals surface area contributed by atoms with Crippen molar-refractivity contribution in [2.75, 3.05) is 24.4 Å². The minimum atomic E-state index is -0.554. The largest absolute Gasteiger partial charge is 0.502 e. The van der Waals surface area contributed by atoms with Crippen molar-refractivity contribution < 1.29 is 19.4 Å². The van der Waals surface area contributed by atoms with Crippen LogP contribution < -0.4 is 19.7 Å². The third-order valence-corrected chi connectivity index (χ3v) is 5.10. The number of halogens is 1. The maximum Gasteiger partial charge on any atom is 0.262 e. The van der Waals surface area contributed by atoms with Crippen LogP contribution in [0.3, 0.4) is 0 Å². The predicted octanol–water partition coefficient (Wildman–Crippen LogP) is 4.83. The molecule has 0 saturated carbocycles. The zero-order chi connectivity index (χ0) is 20.5. The van der Waals surface area contributed by atoms with Gasteiger partial charge >= 0.3 is 0 Å². The van der Waals surface area contributed by atoms with Gasteiger partial charge in [-0.25, -0.2) is 0 Å². The summed E-state index contributed by atoms with van der Waals surface area (Å²) in [6.45, 7) is 0.